The molecule has 0 radical (unpaired) electrons. The molecule has 3 rings (SSSR count). The number of nitrogens with zero attached hydrogens (tertiary/aromatic N) is 1. The van der Waals surface area contributed by atoms with Crippen LogP contribution in [0.5, 0.6) is 0 Å². The van der Waals surface area contributed by atoms with Crippen LogP contribution in [0.4, 0.5) is 0 Å². The maximum Gasteiger partial charge on any atom is 0.0652 e. The maximum absolute atomic E-state index is 4.66. The summed E-state index contributed by atoms with van der Waals surface area (Å²) < 4.78 is 5.98. The number of nitrogens with one attached hydrogen (secondary N) is 1. The first-order chi connectivity index (χ1) is 7.84. The van der Waals surface area contributed by atoms with Gasteiger partial charge in [0.15, 0.2) is 0 Å². The van der Waals surface area contributed by atoms with E-state index in [0.717, 1.165) is 13.1 Å². The highest BCUT2D eigenvalue weighted by atomic mass is 32.1. The number of piperidine rings is 1. The number of hydrogen-bond donors (Lipinski definition) is 1. The molecule has 1 atom stereocenters. The molecule has 2 aromatic rings. The Hall–Kier alpha value is -0.500. The van der Waals surface area contributed by atoms with Gasteiger partial charge in [0.05, 0.1) is 10.4 Å². The minimum atomic E-state index is 0.654. The quantitative estimate of drug-likeness (QED) is 0.785. The van der Waals surface area contributed by atoms with Gasteiger partial charge in [-0.15, -0.1) is 9.24 Å². The summed E-state index contributed by atoms with van der Waals surface area (Å²) in [5, 5.41) is 6.03. The van der Waals surface area contributed by atoms with E-state index in [9.17, 15) is 0 Å². The van der Waals surface area contributed by atoms with E-state index in [4.69, 9.17) is 0 Å². The van der Waals surface area contributed by atoms with Gasteiger partial charge in [0, 0.05) is 11.3 Å². The van der Waals surface area contributed by atoms with Crippen molar-refractivity contribution < 1.29 is 0 Å². The SMILES string of the molecule is Pc1ccc2snc(C3CCNCC3)c2c1. The monoisotopic (exact) mass is 250 g/mol. The van der Waals surface area contributed by atoms with Crippen molar-refractivity contribution in [3.05, 3.63) is 23.9 Å². The predicted molar refractivity (Wildman–Crippen MR) is 73.8 cm³/mol. The Balaban J connectivity index is 2.05. The highest BCUT2D eigenvalue weighted by Gasteiger charge is 2.20. The fraction of sp³-hybridized carbons (Fsp3) is 0.417. The molecule has 0 amide bonds. The first kappa shape index (κ1) is 10.6. The average Bonchev–Trinajstić information content (AvgIpc) is 2.73. The van der Waals surface area contributed by atoms with E-state index in [1.165, 1.54) is 33.9 Å². The van der Waals surface area contributed by atoms with Crippen molar-refractivity contribution >= 4 is 36.2 Å². The van der Waals surface area contributed by atoms with Crippen molar-refractivity contribution in [3.8, 4) is 0 Å². The van der Waals surface area contributed by atoms with Crippen LogP contribution in [-0.2, 0) is 0 Å². The Morgan fingerprint density at radius 1 is 1.31 bits per heavy atom. The Bertz CT molecular complexity index is 503. The maximum atomic E-state index is 4.66. The average molecular weight is 250 g/mol. The molecule has 1 saturated heterocycles. The summed E-state index contributed by atoms with van der Waals surface area (Å²) >= 11 is 1.64. The molecule has 1 aromatic heterocycles. The molecule has 0 bridgehead atoms. The van der Waals surface area contributed by atoms with Crippen molar-refractivity contribution in [1.82, 2.24) is 9.69 Å². The number of benzene rings is 1. The second kappa shape index (κ2) is 4.40. The summed E-state index contributed by atoms with van der Waals surface area (Å²) in [5.74, 6) is 0.654. The van der Waals surface area contributed by atoms with Crippen LogP contribution < -0.4 is 10.6 Å². The molecule has 0 spiro atoms. The van der Waals surface area contributed by atoms with E-state index in [1.54, 1.807) is 11.5 Å². The fourth-order valence-corrected chi connectivity index (χ4v) is 3.46. The van der Waals surface area contributed by atoms with Crippen LogP contribution in [-0.4, -0.2) is 17.5 Å². The lowest BCUT2D eigenvalue weighted by Crippen LogP contribution is -2.26. The zero-order chi connectivity index (χ0) is 11.0. The molecule has 1 N–H and O–H groups in total. The van der Waals surface area contributed by atoms with Crippen molar-refractivity contribution in [1.29, 1.82) is 0 Å². The van der Waals surface area contributed by atoms with Crippen LogP contribution in [0.15, 0.2) is 18.2 Å². The summed E-state index contributed by atoms with van der Waals surface area (Å²) in [6.45, 7) is 2.26. The van der Waals surface area contributed by atoms with E-state index in [-0.39, 0.29) is 0 Å². The summed E-state index contributed by atoms with van der Waals surface area (Å²) in [4.78, 5) is 0. The van der Waals surface area contributed by atoms with Gasteiger partial charge in [-0.1, -0.05) is 6.07 Å². The van der Waals surface area contributed by atoms with E-state index in [1.807, 2.05) is 0 Å². The van der Waals surface area contributed by atoms with Gasteiger partial charge in [0.2, 0.25) is 0 Å². The topological polar surface area (TPSA) is 24.9 Å². The van der Waals surface area contributed by atoms with Gasteiger partial charge in [-0.05, 0) is 54.9 Å². The van der Waals surface area contributed by atoms with Crippen molar-refractivity contribution in [2.75, 3.05) is 13.1 Å². The Labute approximate surface area is 102 Å². The second-order valence-corrected chi connectivity index (χ2v) is 5.82. The minimum Gasteiger partial charge on any atom is -0.317 e. The summed E-state index contributed by atoms with van der Waals surface area (Å²) in [6, 6.07) is 6.57. The largest absolute Gasteiger partial charge is 0.317 e. The summed E-state index contributed by atoms with van der Waals surface area (Å²) in [6.07, 6.45) is 2.44. The molecular weight excluding hydrogens is 235 g/mol. The zero-order valence-corrected chi connectivity index (χ0v) is 11.0. The lowest BCUT2D eigenvalue weighted by molar-refractivity contribution is 0.457. The van der Waals surface area contributed by atoms with Crippen LogP contribution in [0.1, 0.15) is 24.5 Å². The third kappa shape index (κ3) is 1.88. The third-order valence-electron chi connectivity index (χ3n) is 3.25. The Morgan fingerprint density at radius 3 is 2.94 bits per heavy atom. The predicted octanol–water partition coefficient (Wildman–Crippen LogP) is 2.26. The molecule has 84 valence electrons. The van der Waals surface area contributed by atoms with Crippen molar-refractivity contribution in [2.45, 2.75) is 18.8 Å². The fourth-order valence-electron chi connectivity index (χ4n) is 2.36. The van der Waals surface area contributed by atoms with E-state index >= 15 is 0 Å². The van der Waals surface area contributed by atoms with Crippen LogP contribution in [0.3, 0.4) is 0 Å². The van der Waals surface area contributed by atoms with Crippen LogP contribution >= 0.6 is 20.8 Å². The number of rotatable bonds is 1. The van der Waals surface area contributed by atoms with Gasteiger partial charge in [-0.2, -0.15) is 4.37 Å². The molecule has 1 aliphatic heterocycles. The third-order valence-corrected chi connectivity index (χ3v) is 4.45. The highest BCUT2D eigenvalue weighted by molar-refractivity contribution is 7.27. The van der Waals surface area contributed by atoms with Gasteiger partial charge in [0.1, 0.15) is 0 Å². The molecule has 2 heterocycles. The van der Waals surface area contributed by atoms with E-state index in [2.05, 4.69) is 37.1 Å². The summed E-state index contributed by atoms with van der Waals surface area (Å²) in [5.41, 5.74) is 1.32. The number of fused-ring (bicyclic) bond motifs is 1. The molecule has 16 heavy (non-hydrogen) atoms. The Morgan fingerprint density at radius 2 is 2.12 bits per heavy atom. The van der Waals surface area contributed by atoms with Gasteiger partial charge in [-0.25, -0.2) is 0 Å². The van der Waals surface area contributed by atoms with Crippen molar-refractivity contribution in [3.63, 3.8) is 0 Å². The highest BCUT2D eigenvalue weighted by Crippen LogP contribution is 2.32. The molecule has 1 fully saturated rings. The summed E-state index contributed by atoms with van der Waals surface area (Å²) in [7, 11) is 2.77. The van der Waals surface area contributed by atoms with Gasteiger partial charge >= 0.3 is 0 Å². The molecule has 4 heteroatoms. The Kier molecular flexibility index (Phi) is 2.93. The number of hydrogen-bond acceptors (Lipinski definition) is 3. The molecular formula is C12H15N2PS. The lowest BCUT2D eigenvalue weighted by Gasteiger charge is -2.21. The number of aromatic nitrogens is 1. The lowest BCUT2D eigenvalue weighted by atomic mass is 9.93. The molecule has 1 aromatic carbocycles. The molecule has 0 aliphatic carbocycles. The van der Waals surface area contributed by atoms with Crippen molar-refractivity contribution in [2.24, 2.45) is 0 Å². The molecule has 1 aliphatic rings. The van der Waals surface area contributed by atoms with Crippen LogP contribution in [0.2, 0.25) is 0 Å². The van der Waals surface area contributed by atoms with E-state index in [0.29, 0.717) is 5.92 Å². The molecule has 0 saturated carbocycles. The second-order valence-electron chi connectivity index (χ2n) is 4.35. The molecule has 2 nitrogen and oxygen atoms in total. The normalized spacial score (nSPS) is 18.1. The van der Waals surface area contributed by atoms with Crippen LogP contribution in [0, 0.1) is 0 Å². The van der Waals surface area contributed by atoms with Gasteiger partial charge < -0.3 is 5.32 Å². The zero-order valence-electron chi connectivity index (χ0n) is 9.07. The standard InChI is InChI=1S/C12H15N2PS/c15-9-1-2-11-10(7-9)12(14-16-11)8-3-5-13-6-4-8/h1-2,7-8,13H,3-6,15H2. The molecule has 1 unspecified atom stereocenters. The van der Waals surface area contributed by atoms with E-state index < -0.39 is 0 Å². The first-order valence-electron chi connectivity index (χ1n) is 5.70. The first-order valence-corrected chi connectivity index (χ1v) is 7.05. The van der Waals surface area contributed by atoms with Crippen LogP contribution in [0.25, 0.3) is 10.1 Å². The van der Waals surface area contributed by atoms with Gasteiger partial charge in [-0.3, -0.25) is 0 Å². The minimum absolute atomic E-state index is 0.654. The van der Waals surface area contributed by atoms with Gasteiger partial charge in [0.25, 0.3) is 0 Å². The smallest absolute Gasteiger partial charge is 0.0652 e.